The first-order valence-electron chi connectivity index (χ1n) is 6.56. The van der Waals surface area contributed by atoms with E-state index < -0.39 is 0 Å². The molecule has 1 amide bonds. The molecule has 0 spiro atoms. The van der Waals surface area contributed by atoms with Gasteiger partial charge in [0.05, 0.1) is 10.6 Å². The summed E-state index contributed by atoms with van der Waals surface area (Å²) in [6.07, 6.45) is 5.31. The summed E-state index contributed by atoms with van der Waals surface area (Å²) in [6.45, 7) is 0. The topological polar surface area (TPSA) is 67.8 Å². The number of pyridine rings is 1. The van der Waals surface area contributed by atoms with Crippen LogP contribution in [0.1, 0.15) is 10.4 Å². The maximum atomic E-state index is 12.4. The number of aromatic nitrogens is 3. The van der Waals surface area contributed by atoms with E-state index in [-0.39, 0.29) is 5.91 Å². The molecule has 0 aliphatic carbocycles. The highest BCUT2D eigenvalue weighted by Crippen LogP contribution is 2.27. The van der Waals surface area contributed by atoms with Crippen LogP contribution in [0, 0.1) is 0 Å². The van der Waals surface area contributed by atoms with Crippen molar-refractivity contribution in [2.75, 3.05) is 11.6 Å². The Bertz CT molecular complexity index is 839. The van der Waals surface area contributed by atoms with Crippen LogP contribution in [0.2, 0.25) is 5.02 Å². The van der Waals surface area contributed by atoms with Gasteiger partial charge in [0.25, 0.3) is 5.91 Å². The van der Waals surface area contributed by atoms with Crippen LogP contribution in [0.15, 0.2) is 47.6 Å². The summed E-state index contributed by atoms with van der Waals surface area (Å²) >= 11 is 8.95. The van der Waals surface area contributed by atoms with Crippen molar-refractivity contribution in [2.24, 2.45) is 0 Å². The molecule has 2 heterocycles. The van der Waals surface area contributed by atoms with Gasteiger partial charge in [0.2, 0.25) is 5.13 Å². The van der Waals surface area contributed by atoms with Crippen molar-refractivity contribution >= 4 is 45.7 Å². The molecule has 1 N–H and O–H groups in total. The quantitative estimate of drug-likeness (QED) is 0.703. The zero-order valence-corrected chi connectivity index (χ0v) is 14.4. The lowest BCUT2D eigenvalue weighted by molar-refractivity contribution is 0.102. The number of thioether (sulfide) groups is 1. The zero-order valence-electron chi connectivity index (χ0n) is 12.0. The van der Waals surface area contributed by atoms with Gasteiger partial charge in [0.1, 0.15) is 5.01 Å². The standard InChI is InChI=1S/C15H11ClN4OS2/c1-22-10-2-3-12(16)11(8-10)13(21)18-15-20-19-14(23-15)9-4-6-17-7-5-9/h2-8H,1H3,(H,18,20,21). The van der Waals surface area contributed by atoms with E-state index in [0.29, 0.717) is 20.7 Å². The first-order valence-corrected chi connectivity index (χ1v) is 8.98. The number of anilines is 1. The third kappa shape index (κ3) is 3.69. The fourth-order valence-electron chi connectivity index (χ4n) is 1.85. The molecule has 0 aliphatic rings. The van der Waals surface area contributed by atoms with Crippen LogP contribution in [-0.4, -0.2) is 27.3 Å². The molecule has 5 nitrogen and oxygen atoms in total. The second-order valence-electron chi connectivity index (χ2n) is 4.45. The first-order chi connectivity index (χ1) is 11.2. The molecule has 0 radical (unpaired) electrons. The van der Waals surface area contributed by atoms with Crippen LogP contribution in [0.3, 0.4) is 0 Å². The Morgan fingerprint density at radius 1 is 1.22 bits per heavy atom. The molecule has 0 bridgehead atoms. The van der Waals surface area contributed by atoms with E-state index in [4.69, 9.17) is 11.6 Å². The fourth-order valence-corrected chi connectivity index (χ4v) is 3.24. The van der Waals surface area contributed by atoms with E-state index in [1.807, 2.05) is 24.5 Å². The Labute approximate surface area is 146 Å². The highest BCUT2D eigenvalue weighted by atomic mass is 35.5. The number of rotatable bonds is 4. The molecular weight excluding hydrogens is 352 g/mol. The molecular formula is C15H11ClN4OS2. The maximum absolute atomic E-state index is 12.4. The van der Waals surface area contributed by atoms with E-state index in [1.165, 1.54) is 11.3 Å². The van der Waals surface area contributed by atoms with Crippen LogP contribution >= 0.6 is 34.7 Å². The van der Waals surface area contributed by atoms with Gasteiger partial charge in [0.15, 0.2) is 0 Å². The molecule has 0 atom stereocenters. The number of carbonyl (C=O) groups is 1. The molecule has 0 fully saturated rings. The van der Waals surface area contributed by atoms with Gasteiger partial charge in [-0.15, -0.1) is 22.0 Å². The Morgan fingerprint density at radius 2 is 2.00 bits per heavy atom. The summed E-state index contributed by atoms with van der Waals surface area (Å²) in [4.78, 5) is 17.3. The molecule has 23 heavy (non-hydrogen) atoms. The van der Waals surface area contributed by atoms with E-state index >= 15 is 0 Å². The molecule has 1 aromatic carbocycles. The van der Waals surface area contributed by atoms with Crippen molar-refractivity contribution in [3.8, 4) is 10.6 Å². The van der Waals surface area contributed by atoms with E-state index in [9.17, 15) is 4.79 Å². The second-order valence-corrected chi connectivity index (χ2v) is 6.71. The van der Waals surface area contributed by atoms with E-state index in [2.05, 4.69) is 20.5 Å². The number of halogens is 1. The Hall–Kier alpha value is -1.96. The third-order valence-electron chi connectivity index (χ3n) is 2.99. The van der Waals surface area contributed by atoms with Gasteiger partial charge in [-0.2, -0.15) is 0 Å². The van der Waals surface area contributed by atoms with Crippen molar-refractivity contribution in [3.63, 3.8) is 0 Å². The van der Waals surface area contributed by atoms with Gasteiger partial charge < -0.3 is 0 Å². The largest absolute Gasteiger partial charge is 0.296 e. The molecule has 2 aromatic heterocycles. The van der Waals surface area contributed by atoms with Gasteiger partial charge in [-0.05, 0) is 36.6 Å². The number of hydrogen-bond acceptors (Lipinski definition) is 6. The minimum absolute atomic E-state index is 0.302. The lowest BCUT2D eigenvalue weighted by atomic mass is 10.2. The summed E-state index contributed by atoms with van der Waals surface area (Å²) in [7, 11) is 0. The van der Waals surface area contributed by atoms with Crippen molar-refractivity contribution in [1.29, 1.82) is 0 Å². The van der Waals surface area contributed by atoms with Crippen LogP contribution in [-0.2, 0) is 0 Å². The highest BCUT2D eigenvalue weighted by Gasteiger charge is 2.14. The lowest BCUT2D eigenvalue weighted by Gasteiger charge is -2.05. The van der Waals surface area contributed by atoms with Crippen LogP contribution in [0.5, 0.6) is 0 Å². The number of amides is 1. The number of nitrogens with zero attached hydrogens (tertiary/aromatic N) is 3. The fraction of sp³-hybridized carbons (Fsp3) is 0.0667. The lowest BCUT2D eigenvalue weighted by Crippen LogP contribution is -2.12. The summed E-state index contributed by atoms with van der Waals surface area (Å²) in [5.41, 5.74) is 1.32. The van der Waals surface area contributed by atoms with E-state index in [1.54, 1.807) is 36.3 Å². The van der Waals surface area contributed by atoms with Crippen LogP contribution in [0.25, 0.3) is 10.6 Å². The molecule has 0 aliphatic heterocycles. The monoisotopic (exact) mass is 362 g/mol. The maximum Gasteiger partial charge on any atom is 0.259 e. The zero-order chi connectivity index (χ0) is 16.2. The molecule has 0 saturated heterocycles. The third-order valence-corrected chi connectivity index (χ3v) is 4.93. The number of hydrogen-bond donors (Lipinski definition) is 1. The van der Waals surface area contributed by atoms with Gasteiger partial charge in [-0.1, -0.05) is 22.9 Å². The summed E-state index contributed by atoms with van der Waals surface area (Å²) < 4.78 is 0. The SMILES string of the molecule is CSc1ccc(Cl)c(C(=O)Nc2nnc(-c3ccncc3)s2)c1. The Morgan fingerprint density at radius 3 is 2.74 bits per heavy atom. The van der Waals surface area contributed by atoms with Gasteiger partial charge in [0, 0.05) is 22.9 Å². The number of carbonyl (C=O) groups excluding carboxylic acids is 1. The van der Waals surface area contributed by atoms with Crippen LogP contribution < -0.4 is 5.32 Å². The Kier molecular flexibility index (Phi) is 4.90. The van der Waals surface area contributed by atoms with Crippen molar-refractivity contribution < 1.29 is 4.79 Å². The minimum atomic E-state index is -0.302. The predicted octanol–water partition coefficient (Wildman–Crippen LogP) is 4.23. The molecule has 0 unspecified atom stereocenters. The molecule has 116 valence electrons. The normalized spacial score (nSPS) is 10.5. The average Bonchev–Trinajstić information content (AvgIpc) is 3.04. The number of nitrogens with one attached hydrogen (secondary N) is 1. The van der Waals surface area contributed by atoms with E-state index in [0.717, 1.165) is 10.5 Å². The molecule has 3 aromatic rings. The van der Waals surface area contributed by atoms with Crippen molar-refractivity contribution in [3.05, 3.63) is 53.3 Å². The summed E-state index contributed by atoms with van der Waals surface area (Å²) in [5.74, 6) is -0.302. The summed E-state index contributed by atoms with van der Waals surface area (Å²) in [6, 6.07) is 9.02. The van der Waals surface area contributed by atoms with Crippen LogP contribution in [0.4, 0.5) is 5.13 Å². The van der Waals surface area contributed by atoms with Crippen molar-refractivity contribution in [1.82, 2.24) is 15.2 Å². The number of benzene rings is 1. The van der Waals surface area contributed by atoms with Crippen molar-refractivity contribution in [2.45, 2.75) is 4.90 Å². The highest BCUT2D eigenvalue weighted by molar-refractivity contribution is 7.98. The second kappa shape index (κ2) is 7.08. The minimum Gasteiger partial charge on any atom is -0.296 e. The summed E-state index contributed by atoms with van der Waals surface area (Å²) in [5, 5.41) is 12.4. The smallest absolute Gasteiger partial charge is 0.259 e. The first kappa shape index (κ1) is 15.9. The molecule has 3 rings (SSSR count). The molecule has 8 heteroatoms. The average molecular weight is 363 g/mol. The Balaban J connectivity index is 1.80. The van der Waals surface area contributed by atoms with Gasteiger partial charge in [-0.3, -0.25) is 15.1 Å². The molecule has 0 saturated carbocycles. The van der Waals surface area contributed by atoms with Gasteiger partial charge >= 0.3 is 0 Å². The predicted molar refractivity (Wildman–Crippen MR) is 94.3 cm³/mol. The van der Waals surface area contributed by atoms with Gasteiger partial charge in [-0.25, -0.2) is 0 Å².